The van der Waals surface area contributed by atoms with Crippen molar-refractivity contribution in [1.82, 2.24) is 10.2 Å². The minimum Gasteiger partial charge on any atom is -0.493 e. The summed E-state index contributed by atoms with van der Waals surface area (Å²) >= 11 is 0. The van der Waals surface area contributed by atoms with E-state index in [1.165, 1.54) is 0 Å². The molecule has 0 aliphatic carbocycles. The van der Waals surface area contributed by atoms with Gasteiger partial charge in [0.15, 0.2) is 11.5 Å². The number of rotatable bonds is 11. The molecule has 0 bridgehead atoms. The van der Waals surface area contributed by atoms with Crippen LogP contribution in [0.25, 0.3) is 0 Å². The number of aliphatic hydroxyl groups is 1. The number of methoxy groups -OCH3 is 1. The number of benzene rings is 1. The van der Waals surface area contributed by atoms with Crippen LogP contribution in [0, 0.1) is 0 Å². The molecule has 0 spiro atoms. The molecule has 5 nitrogen and oxygen atoms in total. The van der Waals surface area contributed by atoms with E-state index in [9.17, 15) is 5.11 Å². The minimum absolute atomic E-state index is 0.260. The third kappa shape index (κ3) is 7.20. The first-order chi connectivity index (χ1) is 11.0. The highest BCUT2D eigenvalue weighted by molar-refractivity contribution is 5.43. The monoisotopic (exact) mass is 324 g/mol. The molecule has 1 rings (SSSR count). The van der Waals surface area contributed by atoms with E-state index in [1.54, 1.807) is 7.11 Å². The normalized spacial score (nSPS) is 12.7. The fraction of sp³-hybridized carbons (Fsp3) is 0.667. The molecule has 1 unspecified atom stereocenters. The molecule has 23 heavy (non-hydrogen) atoms. The van der Waals surface area contributed by atoms with E-state index >= 15 is 0 Å². The number of nitrogens with zero attached hydrogens (tertiary/aromatic N) is 1. The molecular formula is C18H32N2O3. The highest BCUT2D eigenvalue weighted by Gasteiger charge is 2.12. The number of ether oxygens (including phenoxy) is 2. The summed E-state index contributed by atoms with van der Waals surface area (Å²) in [5.74, 6) is 1.36. The Morgan fingerprint density at radius 2 is 1.87 bits per heavy atom. The van der Waals surface area contributed by atoms with Crippen molar-refractivity contribution in [3.63, 3.8) is 0 Å². The Hall–Kier alpha value is -1.30. The number of nitrogens with one attached hydrogen (secondary N) is 1. The van der Waals surface area contributed by atoms with Gasteiger partial charge in [0, 0.05) is 19.1 Å². The Morgan fingerprint density at radius 1 is 1.17 bits per heavy atom. The Bertz CT molecular complexity index is 448. The van der Waals surface area contributed by atoms with Gasteiger partial charge in [-0.2, -0.15) is 0 Å². The molecule has 0 amide bonds. The van der Waals surface area contributed by atoms with Crippen molar-refractivity contribution in [3.05, 3.63) is 23.8 Å². The average Bonchev–Trinajstić information content (AvgIpc) is 2.56. The van der Waals surface area contributed by atoms with Gasteiger partial charge in [-0.25, -0.2) is 0 Å². The zero-order valence-electron chi connectivity index (χ0n) is 15.1. The summed E-state index contributed by atoms with van der Waals surface area (Å²) in [6.07, 6.45) is -0.512. The first-order valence-electron chi connectivity index (χ1n) is 8.43. The Kier molecular flexibility index (Phi) is 8.99. The quantitative estimate of drug-likeness (QED) is 0.654. The van der Waals surface area contributed by atoms with E-state index in [0.29, 0.717) is 24.1 Å². The topological polar surface area (TPSA) is 54.0 Å². The summed E-state index contributed by atoms with van der Waals surface area (Å²) in [4.78, 5) is 2.17. The largest absolute Gasteiger partial charge is 0.493 e. The lowest BCUT2D eigenvalue weighted by molar-refractivity contribution is 0.0705. The van der Waals surface area contributed by atoms with Gasteiger partial charge in [0.2, 0.25) is 0 Å². The lowest BCUT2D eigenvalue weighted by Gasteiger charge is -2.22. The van der Waals surface area contributed by atoms with Crippen LogP contribution in [0.4, 0.5) is 0 Å². The van der Waals surface area contributed by atoms with E-state index in [4.69, 9.17) is 9.47 Å². The first kappa shape index (κ1) is 19.7. The van der Waals surface area contributed by atoms with Gasteiger partial charge in [-0.3, -0.25) is 0 Å². The molecule has 1 aromatic rings. The number of aliphatic hydroxyl groups excluding tert-OH is 1. The van der Waals surface area contributed by atoms with E-state index < -0.39 is 6.10 Å². The van der Waals surface area contributed by atoms with Crippen LogP contribution in [-0.2, 0) is 6.54 Å². The first-order valence-corrected chi connectivity index (χ1v) is 8.43. The van der Waals surface area contributed by atoms with Crippen LogP contribution in [0.1, 0.15) is 33.3 Å². The maximum absolute atomic E-state index is 10.1. The molecular weight excluding hydrogens is 292 g/mol. The molecule has 132 valence electrons. The van der Waals surface area contributed by atoms with Crippen LogP contribution < -0.4 is 14.8 Å². The maximum Gasteiger partial charge on any atom is 0.161 e. The van der Waals surface area contributed by atoms with Gasteiger partial charge in [0.05, 0.1) is 7.11 Å². The highest BCUT2D eigenvalue weighted by atomic mass is 16.5. The summed E-state index contributed by atoms with van der Waals surface area (Å²) in [6, 6.07) is 6.33. The molecule has 0 aliphatic rings. The van der Waals surface area contributed by atoms with Crippen LogP contribution >= 0.6 is 0 Å². The van der Waals surface area contributed by atoms with Gasteiger partial charge in [0.1, 0.15) is 12.7 Å². The van der Waals surface area contributed by atoms with Crippen LogP contribution in [0.15, 0.2) is 18.2 Å². The molecule has 0 saturated carbocycles. The molecule has 1 atom stereocenters. The Balaban J connectivity index is 2.59. The second-order valence-corrected chi connectivity index (χ2v) is 5.97. The van der Waals surface area contributed by atoms with E-state index in [1.807, 2.05) is 18.2 Å². The lowest BCUT2D eigenvalue weighted by atomic mass is 10.2. The summed E-state index contributed by atoms with van der Waals surface area (Å²) in [7, 11) is 1.63. The highest BCUT2D eigenvalue weighted by Crippen LogP contribution is 2.28. The van der Waals surface area contributed by atoms with Gasteiger partial charge < -0.3 is 24.8 Å². The van der Waals surface area contributed by atoms with E-state index in [2.05, 4.69) is 37.9 Å². The molecule has 0 fully saturated rings. The summed E-state index contributed by atoms with van der Waals surface area (Å²) in [5.41, 5.74) is 1.14. The third-order valence-electron chi connectivity index (χ3n) is 3.74. The van der Waals surface area contributed by atoms with Crippen molar-refractivity contribution in [1.29, 1.82) is 0 Å². The molecule has 5 heteroatoms. The van der Waals surface area contributed by atoms with E-state index in [-0.39, 0.29) is 6.61 Å². The zero-order valence-corrected chi connectivity index (χ0v) is 15.1. The number of likely N-dealkylation sites (N-methyl/N-ethyl adjacent to an activating group) is 1. The Morgan fingerprint density at radius 3 is 2.43 bits per heavy atom. The molecule has 1 aromatic carbocycles. The second-order valence-electron chi connectivity index (χ2n) is 5.97. The zero-order chi connectivity index (χ0) is 17.2. The van der Waals surface area contributed by atoms with Gasteiger partial charge in [-0.1, -0.05) is 33.8 Å². The predicted molar refractivity (Wildman–Crippen MR) is 94.3 cm³/mol. The molecule has 2 N–H and O–H groups in total. The number of hydrogen-bond acceptors (Lipinski definition) is 5. The predicted octanol–water partition coefficient (Wildman–Crippen LogP) is 2.27. The standard InChI is InChI=1S/C18H32N2O3/c1-6-20(7-2)12-16(21)13-23-17-9-8-15(10-18(17)22-5)11-19-14(3)4/h8-10,14,16,19,21H,6-7,11-13H2,1-5H3. The van der Waals surface area contributed by atoms with Crippen molar-refractivity contribution >= 4 is 0 Å². The van der Waals surface area contributed by atoms with Crippen molar-refractivity contribution in [3.8, 4) is 11.5 Å². The molecule has 0 aliphatic heterocycles. The van der Waals surface area contributed by atoms with Gasteiger partial charge >= 0.3 is 0 Å². The van der Waals surface area contributed by atoms with Crippen LogP contribution in [0.5, 0.6) is 11.5 Å². The molecule has 0 radical (unpaired) electrons. The smallest absolute Gasteiger partial charge is 0.161 e. The molecule has 0 saturated heterocycles. The Labute approximate surface area is 140 Å². The van der Waals surface area contributed by atoms with Gasteiger partial charge in [-0.15, -0.1) is 0 Å². The van der Waals surface area contributed by atoms with Crippen molar-refractivity contribution in [2.75, 3.05) is 33.4 Å². The SMILES string of the molecule is CCN(CC)CC(O)COc1ccc(CNC(C)C)cc1OC. The lowest BCUT2D eigenvalue weighted by Crippen LogP contribution is -2.35. The van der Waals surface area contributed by atoms with Crippen molar-refractivity contribution < 1.29 is 14.6 Å². The summed E-state index contributed by atoms with van der Waals surface area (Å²) in [5, 5.41) is 13.5. The third-order valence-corrected chi connectivity index (χ3v) is 3.74. The van der Waals surface area contributed by atoms with Crippen LogP contribution in [0.2, 0.25) is 0 Å². The molecule has 0 heterocycles. The fourth-order valence-electron chi connectivity index (χ4n) is 2.28. The minimum atomic E-state index is -0.512. The van der Waals surface area contributed by atoms with Crippen molar-refractivity contribution in [2.45, 2.75) is 46.4 Å². The summed E-state index contributed by atoms with van der Waals surface area (Å²) in [6.45, 7) is 11.9. The van der Waals surface area contributed by atoms with Gasteiger partial charge in [0.25, 0.3) is 0 Å². The van der Waals surface area contributed by atoms with Crippen molar-refractivity contribution in [2.24, 2.45) is 0 Å². The average molecular weight is 324 g/mol. The second kappa shape index (κ2) is 10.5. The maximum atomic E-state index is 10.1. The van der Waals surface area contributed by atoms with Crippen LogP contribution in [0.3, 0.4) is 0 Å². The van der Waals surface area contributed by atoms with Gasteiger partial charge in [-0.05, 0) is 30.8 Å². The molecule has 0 aromatic heterocycles. The van der Waals surface area contributed by atoms with Crippen LogP contribution in [-0.4, -0.2) is 55.5 Å². The fourth-order valence-corrected chi connectivity index (χ4v) is 2.28. The number of hydrogen-bond donors (Lipinski definition) is 2. The summed E-state index contributed by atoms with van der Waals surface area (Å²) < 4.78 is 11.1. The van der Waals surface area contributed by atoms with E-state index in [0.717, 1.165) is 25.2 Å².